The number of nitrogens with zero attached hydrogens (tertiary/aromatic N) is 3. The van der Waals surface area contributed by atoms with Crippen LogP contribution in [0.3, 0.4) is 0 Å². The number of carbonyl (C=O) groups is 2. The quantitative estimate of drug-likeness (QED) is 0.188. The summed E-state index contributed by atoms with van der Waals surface area (Å²) < 4.78 is 30.7. The van der Waals surface area contributed by atoms with E-state index in [2.05, 4.69) is 45.9 Å². The third kappa shape index (κ3) is 8.09. The fourth-order valence-corrected chi connectivity index (χ4v) is 6.10. The van der Waals surface area contributed by atoms with Gasteiger partial charge in [0.05, 0.1) is 17.6 Å². The summed E-state index contributed by atoms with van der Waals surface area (Å²) in [4.78, 5) is 28.5. The van der Waals surface area contributed by atoms with Crippen molar-refractivity contribution in [2.45, 2.75) is 78.9 Å². The van der Waals surface area contributed by atoms with Crippen LogP contribution in [-0.4, -0.2) is 49.9 Å². The van der Waals surface area contributed by atoms with E-state index in [1.165, 1.54) is 4.57 Å². The number of aromatic nitrogens is 1. The van der Waals surface area contributed by atoms with Gasteiger partial charge < -0.3 is 9.64 Å². The van der Waals surface area contributed by atoms with Crippen molar-refractivity contribution in [3.8, 4) is 11.1 Å². The Bertz CT molecular complexity index is 1690. The van der Waals surface area contributed by atoms with Crippen molar-refractivity contribution >= 4 is 39.9 Å². The predicted molar refractivity (Wildman–Crippen MR) is 183 cm³/mol. The topological polar surface area (TPSA) is 92.1 Å². The largest absolute Gasteiger partial charge is 0.443 e. The van der Waals surface area contributed by atoms with Crippen molar-refractivity contribution in [2.75, 3.05) is 18.4 Å². The second-order valence-electron chi connectivity index (χ2n) is 13.4. The van der Waals surface area contributed by atoms with Crippen molar-refractivity contribution in [2.24, 2.45) is 0 Å². The van der Waals surface area contributed by atoms with E-state index in [0.717, 1.165) is 55.1 Å². The van der Waals surface area contributed by atoms with Crippen molar-refractivity contribution < 1.29 is 23.1 Å². The van der Waals surface area contributed by atoms with Crippen LogP contribution >= 0.6 is 0 Å². The molecule has 1 N–H and O–H groups in total. The molecule has 1 aromatic heterocycles. The molecule has 0 saturated carbocycles. The number of fused-ring (bicyclic) bond motifs is 1. The maximum atomic E-state index is 13.7. The molecule has 9 heteroatoms. The number of anilines is 1. The number of benzene rings is 3. The molecule has 4 rings (SSSR count). The van der Waals surface area contributed by atoms with Gasteiger partial charge in [-0.25, -0.2) is 13.3 Å². The van der Waals surface area contributed by atoms with Crippen LogP contribution in [0.2, 0.25) is 0 Å². The molecule has 3 aromatic carbocycles. The van der Waals surface area contributed by atoms with Gasteiger partial charge in [0.1, 0.15) is 5.60 Å². The van der Waals surface area contributed by atoms with Crippen LogP contribution in [0.4, 0.5) is 10.5 Å². The van der Waals surface area contributed by atoms with E-state index < -0.39 is 28.9 Å². The molecular weight excluding hydrogens is 586 g/mol. The number of carbonyl (C=O) groups excluding carboxylic acids is 2. The molecule has 8 nitrogen and oxygen atoms in total. The molecular formula is C36H45N3O5S. The Kier molecular flexibility index (Phi) is 10.4. The Hall–Kier alpha value is -3.79. The summed E-state index contributed by atoms with van der Waals surface area (Å²) in [6.45, 7) is 14.6. The Morgan fingerprint density at radius 2 is 1.49 bits per heavy atom. The summed E-state index contributed by atoms with van der Waals surface area (Å²) in [5.74, 6) is -0.251. The van der Waals surface area contributed by atoms with Gasteiger partial charge in [0.15, 0.2) is 0 Å². The minimum Gasteiger partial charge on any atom is -0.443 e. The molecule has 240 valence electrons. The number of hydrogen-bond acceptors (Lipinski definition) is 5. The van der Waals surface area contributed by atoms with Crippen LogP contribution in [0.1, 0.15) is 82.6 Å². The molecule has 1 unspecified atom stereocenters. The molecule has 1 heterocycles. The Morgan fingerprint density at radius 3 is 2.00 bits per heavy atom. The third-order valence-corrected chi connectivity index (χ3v) is 8.28. The first-order valence-corrected chi connectivity index (χ1v) is 16.3. The highest BCUT2D eigenvalue weighted by atomic mass is 32.2. The van der Waals surface area contributed by atoms with Crippen molar-refractivity contribution in [1.29, 1.82) is 0 Å². The van der Waals surface area contributed by atoms with E-state index in [4.69, 9.17) is 4.74 Å². The SMILES string of the molecule is CC(C)c1cc(-c2ccc3c(ccn3C(=O)OC(C)(C)C)c2)cc(C(C)C)c1CC(=O)N(c1ccc(CN(C)C)cc1)S(=O)O. The van der Waals surface area contributed by atoms with Gasteiger partial charge in [0, 0.05) is 18.1 Å². The lowest BCUT2D eigenvalue weighted by molar-refractivity contribution is -0.116. The summed E-state index contributed by atoms with van der Waals surface area (Å²) in [5, 5.41) is 0.910. The highest BCUT2D eigenvalue weighted by Gasteiger charge is 2.26. The van der Waals surface area contributed by atoms with E-state index >= 15 is 0 Å². The zero-order valence-corrected chi connectivity index (χ0v) is 28.6. The van der Waals surface area contributed by atoms with E-state index in [1.807, 2.05) is 70.1 Å². The van der Waals surface area contributed by atoms with E-state index in [9.17, 15) is 18.4 Å². The number of rotatable bonds is 9. The Labute approximate surface area is 269 Å². The number of hydrogen-bond donors (Lipinski definition) is 1. The lowest BCUT2D eigenvalue weighted by atomic mass is 9.84. The molecule has 0 aliphatic rings. The predicted octanol–water partition coefficient (Wildman–Crippen LogP) is 8.11. The molecule has 0 fully saturated rings. The lowest BCUT2D eigenvalue weighted by Gasteiger charge is -2.24. The van der Waals surface area contributed by atoms with E-state index in [-0.39, 0.29) is 18.3 Å². The first-order valence-electron chi connectivity index (χ1n) is 15.2. The van der Waals surface area contributed by atoms with Crippen molar-refractivity contribution in [1.82, 2.24) is 9.47 Å². The minimum absolute atomic E-state index is 0.00910. The standard InChI is InChI=1S/C36H45N3O5S/c1-23(2)30-19-28(26-12-15-33-27(18-26)16-17-38(33)35(41)44-36(5,6)7)20-31(24(3)4)32(30)21-34(40)39(45(42)43)29-13-10-25(11-14-29)22-37(8)9/h10-20,23-24H,21-22H2,1-9H3,(H,42,43). The first kappa shape index (κ1) is 34.1. The van der Waals surface area contributed by atoms with Gasteiger partial charge >= 0.3 is 6.09 Å². The normalized spacial score (nSPS) is 12.7. The van der Waals surface area contributed by atoms with Crippen LogP contribution in [0.5, 0.6) is 0 Å². The summed E-state index contributed by atoms with van der Waals surface area (Å²) in [6, 6.07) is 19.3. The monoisotopic (exact) mass is 631 g/mol. The maximum absolute atomic E-state index is 13.7. The minimum atomic E-state index is -2.53. The van der Waals surface area contributed by atoms with Crippen LogP contribution < -0.4 is 4.31 Å². The lowest BCUT2D eigenvalue weighted by Crippen LogP contribution is -2.34. The fraction of sp³-hybridized carbons (Fsp3) is 0.389. The maximum Gasteiger partial charge on any atom is 0.418 e. The van der Waals surface area contributed by atoms with Crippen molar-refractivity contribution in [3.63, 3.8) is 0 Å². The third-order valence-electron chi connectivity index (χ3n) is 7.56. The van der Waals surface area contributed by atoms with E-state index in [1.54, 1.807) is 18.3 Å². The van der Waals surface area contributed by atoms with Gasteiger partial charge in [0.25, 0.3) is 11.3 Å². The smallest absolute Gasteiger partial charge is 0.418 e. The average molecular weight is 632 g/mol. The van der Waals surface area contributed by atoms with Gasteiger partial charge in [-0.05, 0) is 110 Å². The highest BCUT2D eigenvalue weighted by Crippen LogP contribution is 2.36. The molecule has 0 spiro atoms. The molecule has 1 atom stereocenters. The first-order chi connectivity index (χ1) is 21.1. The molecule has 4 aromatic rings. The molecule has 1 amide bonds. The summed E-state index contributed by atoms with van der Waals surface area (Å²) >= 11 is -2.53. The van der Waals surface area contributed by atoms with Gasteiger partial charge in [-0.3, -0.25) is 13.9 Å². The molecule has 0 bridgehead atoms. The average Bonchev–Trinajstić information content (AvgIpc) is 3.36. The van der Waals surface area contributed by atoms with Gasteiger partial charge in [0.2, 0.25) is 5.91 Å². The van der Waals surface area contributed by atoms with Crippen molar-refractivity contribution in [3.05, 3.63) is 89.1 Å². The van der Waals surface area contributed by atoms with Gasteiger partial charge in [-0.1, -0.05) is 58.0 Å². The van der Waals surface area contributed by atoms with Crippen LogP contribution in [0.25, 0.3) is 22.0 Å². The van der Waals surface area contributed by atoms with Crippen LogP contribution in [-0.2, 0) is 33.8 Å². The summed E-state index contributed by atoms with van der Waals surface area (Å²) in [7, 11) is 3.94. The van der Waals surface area contributed by atoms with Crippen LogP contribution in [0.15, 0.2) is 66.9 Å². The fourth-order valence-electron chi connectivity index (χ4n) is 5.56. The van der Waals surface area contributed by atoms with E-state index in [0.29, 0.717) is 5.69 Å². The second-order valence-corrected chi connectivity index (χ2v) is 14.2. The zero-order valence-electron chi connectivity index (χ0n) is 27.7. The molecule has 45 heavy (non-hydrogen) atoms. The van der Waals surface area contributed by atoms with Crippen LogP contribution in [0, 0.1) is 0 Å². The second kappa shape index (κ2) is 13.7. The van der Waals surface area contributed by atoms with Gasteiger partial charge in [-0.15, -0.1) is 0 Å². The zero-order chi connectivity index (χ0) is 33.2. The Morgan fingerprint density at radius 1 is 0.889 bits per heavy atom. The molecule has 0 saturated heterocycles. The molecule has 0 radical (unpaired) electrons. The molecule has 0 aliphatic carbocycles. The number of ether oxygens (including phenoxy) is 1. The molecule has 0 aliphatic heterocycles. The number of amides is 1. The Balaban J connectivity index is 1.72. The summed E-state index contributed by atoms with van der Waals surface area (Å²) in [6.07, 6.45) is 1.29. The summed E-state index contributed by atoms with van der Waals surface area (Å²) in [5.41, 5.74) is 6.48. The van der Waals surface area contributed by atoms with Gasteiger partial charge in [-0.2, -0.15) is 0 Å². The highest BCUT2D eigenvalue weighted by molar-refractivity contribution is 7.81.